The van der Waals surface area contributed by atoms with Crippen molar-refractivity contribution in [2.45, 2.75) is 25.7 Å². The highest BCUT2D eigenvalue weighted by Gasteiger charge is 2.10. The second-order valence-electron chi connectivity index (χ2n) is 3.24. The fraction of sp³-hybridized carbons (Fsp3) is 0.364. The van der Waals surface area contributed by atoms with Gasteiger partial charge in [-0.2, -0.15) is 0 Å². The van der Waals surface area contributed by atoms with E-state index in [0.717, 1.165) is 18.4 Å². The summed E-state index contributed by atoms with van der Waals surface area (Å²) in [7, 11) is 0. The SMILES string of the molecule is O=[C]CCCCc1ccccc1[N+](=O)[O-]. The van der Waals surface area contributed by atoms with E-state index in [9.17, 15) is 14.9 Å². The summed E-state index contributed by atoms with van der Waals surface area (Å²) in [6.45, 7) is 0. The summed E-state index contributed by atoms with van der Waals surface area (Å²) in [5, 5.41) is 10.7. The number of para-hydroxylation sites is 1. The Kier molecular flexibility index (Phi) is 4.47. The first-order valence-corrected chi connectivity index (χ1v) is 4.83. The van der Waals surface area contributed by atoms with Gasteiger partial charge in [-0.05, 0) is 19.3 Å². The fourth-order valence-electron chi connectivity index (χ4n) is 1.41. The molecule has 0 aliphatic carbocycles. The Hall–Kier alpha value is -1.71. The number of nitrogens with zero attached hydrogens (tertiary/aromatic N) is 1. The zero-order chi connectivity index (χ0) is 11.1. The van der Waals surface area contributed by atoms with Crippen molar-refractivity contribution < 1.29 is 9.72 Å². The van der Waals surface area contributed by atoms with E-state index in [1.807, 2.05) is 6.29 Å². The molecule has 0 aromatic heterocycles. The number of unbranched alkanes of at least 4 members (excludes halogenated alkanes) is 2. The van der Waals surface area contributed by atoms with Gasteiger partial charge >= 0.3 is 0 Å². The van der Waals surface area contributed by atoms with Crippen LogP contribution in [0.15, 0.2) is 24.3 Å². The van der Waals surface area contributed by atoms with Crippen molar-refractivity contribution >= 4 is 12.0 Å². The molecule has 0 aliphatic heterocycles. The third-order valence-electron chi connectivity index (χ3n) is 2.16. The molecule has 79 valence electrons. The molecule has 0 N–H and O–H groups in total. The predicted molar refractivity (Wildman–Crippen MR) is 56.3 cm³/mol. The van der Waals surface area contributed by atoms with Crippen LogP contribution in [-0.2, 0) is 11.2 Å². The number of carbonyl (C=O) groups excluding carboxylic acids is 1. The normalized spacial score (nSPS) is 9.87. The second kappa shape index (κ2) is 5.90. The van der Waals surface area contributed by atoms with Crippen molar-refractivity contribution in [3.8, 4) is 0 Å². The Morgan fingerprint density at radius 3 is 2.67 bits per heavy atom. The number of hydrogen-bond acceptors (Lipinski definition) is 3. The lowest BCUT2D eigenvalue weighted by Gasteiger charge is -2.01. The summed E-state index contributed by atoms with van der Waals surface area (Å²) in [6.07, 6.45) is 4.36. The molecule has 0 atom stereocenters. The Morgan fingerprint density at radius 2 is 2.00 bits per heavy atom. The van der Waals surface area contributed by atoms with Gasteiger partial charge in [0.05, 0.1) is 4.92 Å². The Morgan fingerprint density at radius 1 is 1.27 bits per heavy atom. The van der Waals surface area contributed by atoms with E-state index in [2.05, 4.69) is 0 Å². The van der Waals surface area contributed by atoms with E-state index < -0.39 is 0 Å². The zero-order valence-corrected chi connectivity index (χ0v) is 8.31. The molecule has 0 fully saturated rings. The molecule has 0 bridgehead atoms. The van der Waals surface area contributed by atoms with E-state index >= 15 is 0 Å². The van der Waals surface area contributed by atoms with E-state index in [-0.39, 0.29) is 10.6 Å². The standard InChI is InChI=1S/C11H12NO3/c13-9-5-1-2-6-10-7-3-4-8-11(10)12(14)15/h3-4,7-8H,1-2,5-6H2. The molecule has 0 amide bonds. The van der Waals surface area contributed by atoms with Crippen LogP contribution in [-0.4, -0.2) is 11.2 Å². The highest BCUT2D eigenvalue weighted by Crippen LogP contribution is 2.19. The van der Waals surface area contributed by atoms with Crippen molar-refractivity contribution in [3.63, 3.8) is 0 Å². The first-order chi connectivity index (χ1) is 7.25. The van der Waals surface area contributed by atoms with Gasteiger partial charge < -0.3 is 0 Å². The van der Waals surface area contributed by atoms with Crippen molar-refractivity contribution in [2.75, 3.05) is 0 Å². The van der Waals surface area contributed by atoms with E-state index in [4.69, 9.17) is 0 Å². The van der Waals surface area contributed by atoms with Gasteiger partial charge in [-0.3, -0.25) is 14.9 Å². The van der Waals surface area contributed by atoms with Crippen molar-refractivity contribution in [1.29, 1.82) is 0 Å². The van der Waals surface area contributed by atoms with Crippen LogP contribution in [0.25, 0.3) is 0 Å². The van der Waals surface area contributed by atoms with Crippen LogP contribution in [0.4, 0.5) is 5.69 Å². The molecule has 0 heterocycles. The van der Waals surface area contributed by atoms with Crippen molar-refractivity contribution in [1.82, 2.24) is 0 Å². The molecule has 1 rings (SSSR count). The summed E-state index contributed by atoms with van der Waals surface area (Å²) in [5.74, 6) is 0. The molecular weight excluding hydrogens is 194 g/mol. The Labute approximate surface area is 88.1 Å². The van der Waals surface area contributed by atoms with Gasteiger partial charge in [0, 0.05) is 18.1 Å². The molecule has 1 aromatic carbocycles. The minimum Gasteiger partial charge on any atom is -0.291 e. The van der Waals surface area contributed by atoms with Crippen LogP contribution in [0.1, 0.15) is 24.8 Å². The van der Waals surface area contributed by atoms with Gasteiger partial charge in [0.1, 0.15) is 0 Å². The van der Waals surface area contributed by atoms with Crippen molar-refractivity contribution in [3.05, 3.63) is 39.9 Å². The molecule has 0 unspecified atom stereocenters. The lowest BCUT2D eigenvalue weighted by atomic mass is 10.1. The summed E-state index contributed by atoms with van der Waals surface area (Å²) in [4.78, 5) is 20.2. The smallest absolute Gasteiger partial charge is 0.272 e. The van der Waals surface area contributed by atoms with Crippen LogP contribution in [0.2, 0.25) is 0 Å². The van der Waals surface area contributed by atoms with Crippen LogP contribution < -0.4 is 0 Å². The molecule has 1 radical (unpaired) electrons. The Bertz CT molecular complexity index is 349. The quantitative estimate of drug-likeness (QED) is 0.408. The third kappa shape index (κ3) is 3.50. The molecule has 4 nitrogen and oxygen atoms in total. The maximum atomic E-state index is 10.7. The number of aryl methyl sites for hydroxylation is 1. The number of nitro benzene ring substituents is 1. The molecule has 15 heavy (non-hydrogen) atoms. The summed E-state index contributed by atoms with van der Waals surface area (Å²) >= 11 is 0. The fourth-order valence-corrected chi connectivity index (χ4v) is 1.41. The van der Waals surface area contributed by atoms with Gasteiger partial charge in [-0.1, -0.05) is 18.2 Å². The molecule has 1 aromatic rings. The minimum absolute atomic E-state index is 0.160. The first-order valence-electron chi connectivity index (χ1n) is 4.83. The number of benzene rings is 1. The third-order valence-corrected chi connectivity index (χ3v) is 2.16. The first kappa shape index (κ1) is 11.4. The van der Waals surface area contributed by atoms with Crippen LogP contribution in [0, 0.1) is 10.1 Å². The van der Waals surface area contributed by atoms with E-state index in [1.165, 1.54) is 6.07 Å². The maximum Gasteiger partial charge on any atom is 0.272 e. The summed E-state index contributed by atoms with van der Waals surface area (Å²) < 4.78 is 0. The van der Waals surface area contributed by atoms with Gasteiger partial charge in [-0.25, -0.2) is 0 Å². The largest absolute Gasteiger partial charge is 0.291 e. The van der Waals surface area contributed by atoms with Crippen molar-refractivity contribution in [2.24, 2.45) is 0 Å². The highest BCUT2D eigenvalue weighted by molar-refractivity contribution is 5.50. The molecule has 0 aliphatic rings. The number of hydrogen-bond donors (Lipinski definition) is 0. The minimum atomic E-state index is -0.374. The van der Waals surface area contributed by atoms with Gasteiger partial charge in [0.15, 0.2) is 6.29 Å². The van der Waals surface area contributed by atoms with Crippen LogP contribution in [0.5, 0.6) is 0 Å². The Balaban J connectivity index is 2.59. The number of nitro groups is 1. The monoisotopic (exact) mass is 206 g/mol. The van der Waals surface area contributed by atoms with Gasteiger partial charge in [0.2, 0.25) is 0 Å². The van der Waals surface area contributed by atoms with E-state index in [0.29, 0.717) is 12.8 Å². The van der Waals surface area contributed by atoms with Crippen LogP contribution >= 0.6 is 0 Å². The lowest BCUT2D eigenvalue weighted by Crippen LogP contribution is -1.95. The average Bonchev–Trinajstić information content (AvgIpc) is 2.25. The lowest BCUT2D eigenvalue weighted by molar-refractivity contribution is -0.385. The summed E-state index contributed by atoms with van der Waals surface area (Å²) in [5.41, 5.74) is 0.890. The summed E-state index contributed by atoms with van der Waals surface area (Å²) in [6, 6.07) is 6.69. The average molecular weight is 206 g/mol. The maximum absolute atomic E-state index is 10.7. The molecule has 4 heteroatoms. The molecule has 0 saturated carbocycles. The molecule has 0 saturated heterocycles. The van der Waals surface area contributed by atoms with Gasteiger partial charge in [-0.15, -0.1) is 0 Å². The van der Waals surface area contributed by atoms with Gasteiger partial charge in [0.25, 0.3) is 5.69 Å². The zero-order valence-electron chi connectivity index (χ0n) is 8.31. The number of rotatable bonds is 6. The molecular formula is C11H12NO3. The topological polar surface area (TPSA) is 60.2 Å². The predicted octanol–water partition coefficient (Wildman–Crippen LogP) is 2.42. The molecule has 0 spiro atoms. The second-order valence-corrected chi connectivity index (χ2v) is 3.24. The highest BCUT2D eigenvalue weighted by atomic mass is 16.6. The van der Waals surface area contributed by atoms with E-state index in [1.54, 1.807) is 18.2 Å². The van der Waals surface area contributed by atoms with Crippen LogP contribution in [0.3, 0.4) is 0 Å².